The lowest BCUT2D eigenvalue weighted by Gasteiger charge is -1.87. The highest BCUT2D eigenvalue weighted by atomic mass is 14.0. The van der Waals surface area contributed by atoms with E-state index in [-0.39, 0.29) is 0 Å². The molecule has 0 aromatic heterocycles. The van der Waals surface area contributed by atoms with Crippen LogP contribution in [0.1, 0.15) is 19.8 Å². The SMILES string of the molecule is CCC1=CC#CC1. The Bertz CT molecular complexity index is 141. The van der Waals surface area contributed by atoms with Crippen molar-refractivity contribution in [2.45, 2.75) is 19.8 Å². The van der Waals surface area contributed by atoms with E-state index in [2.05, 4.69) is 18.8 Å². The molecule has 0 N–H and O–H groups in total. The molecule has 0 aromatic carbocycles. The zero-order chi connectivity index (χ0) is 5.11. The first-order chi connectivity index (χ1) is 3.43. The van der Waals surface area contributed by atoms with E-state index in [0.29, 0.717) is 0 Å². The largest absolute Gasteiger partial charge is 0.0941 e. The van der Waals surface area contributed by atoms with E-state index in [1.807, 2.05) is 6.08 Å². The minimum Gasteiger partial charge on any atom is -0.0941 e. The van der Waals surface area contributed by atoms with Gasteiger partial charge in [0.2, 0.25) is 0 Å². The van der Waals surface area contributed by atoms with E-state index >= 15 is 0 Å². The molecular formula is C7H8. The maximum atomic E-state index is 2.98. The van der Waals surface area contributed by atoms with E-state index in [4.69, 9.17) is 0 Å². The van der Waals surface area contributed by atoms with Gasteiger partial charge in [0.05, 0.1) is 0 Å². The summed E-state index contributed by atoms with van der Waals surface area (Å²) in [5.41, 5.74) is 1.44. The maximum Gasteiger partial charge on any atom is 0.0312 e. The topological polar surface area (TPSA) is 0 Å². The molecule has 0 saturated carbocycles. The molecule has 0 atom stereocenters. The summed E-state index contributed by atoms with van der Waals surface area (Å²) in [5.74, 6) is 5.89. The van der Waals surface area contributed by atoms with Crippen molar-refractivity contribution in [3.63, 3.8) is 0 Å². The Balaban J connectivity index is 2.52. The lowest BCUT2D eigenvalue weighted by atomic mass is 10.2. The van der Waals surface area contributed by atoms with Crippen LogP contribution in [0.3, 0.4) is 0 Å². The van der Waals surface area contributed by atoms with Gasteiger partial charge in [0.15, 0.2) is 0 Å². The van der Waals surface area contributed by atoms with Crippen LogP contribution in [0, 0.1) is 11.8 Å². The van der Waals surface area contributed by atoms with Crippen LogP contribution in [0.15, 0.2) is 11.6 Å². The Morgan fingerprint density at radius 1 is 1.86 bits per heavy atom. The first kappa shape index (κ1) is 4.46. The van der Waals surface area contributed by atoms with Gasteiger partial charge in [0, 0.05) is 6.42 Å². The van der Waals surface area contributed by atoms with Crippen LogP contribution >= 0.6 is 0 Å². The average molecular weight is 92.1 g/mol. The summed E-state index contributed by atoms with van der Waals surface area (Å²) in [5, 5.41) is 0. The molecule has 0 amide bonds. The van der Waals surface area contributed by atoms with Crippen LogP contribution < -0.4 is 0 Å². The van der Waals surface area contributed by atoms with Crippen LogP contribution in [0.5, 0.6) is 0 Å². The molecule has 0 bridgehead atoms. The van der Waals surface area contributed by atoms with Crippen molar-refractivity contribution >= 4 is 0 Å². The molecule has 0 fully saturated rings. The van der Waals surface area contributed by atoms with Crippen LogP contribution in [0.25, 0.3) is 0 Å². The second-order valence-electron chi connectivity index (χ2n) is 1.65. The standard InChI is InChI=1S/C7H8/c1-2-7-5-3-4-6-7/h5H,2,6H2,1H3. The molecule has 1 aliphatic rings. The Labute approximate surface area is 44.2 Å². The maximum absolute atomic E-state index is 2.98. The van der Waals surface area contributed by atoms with Crippen molar-refractivity contribution in [2.24, 2.45) is 0 Å². The molecule has 0 saturated heterocycles. The minimum atomic E-state index is 1.01. The highest BCUT2D eigenvalue weighted by molar-refractivity contribution is 5.31. The van der Waals surface area contributed by atoms with E-state index in [9.17, 15) is 0 Å². The second-order valence-corrected chi connectivity index (χ2v) is 1.65. The Hall–Kier alpha value is -0.700. The second kappa shape index (κ2) is 1.84. The van der Waals surface area contributed by atoms with Crippen molar-refractivity contribution in [3.8, 4) is 11.8 Å². The Morgan fingerprint density at radius 2 is 2.71 bits per heavy atom. The number of rotatable bonds is 1. The van der Waals surface area contributed by atoms with Crippen molar-refractivity contribution in [3.05, 3.63) is 11.6 Å². The number of hydrogen-bond acceptors (Lipinski definition) is 0. The zero-order valence-electron chi connectivity index (χ0n) is 4.49. The molecule has 0 heteroatoms. The fourth-order valence-corrected chi connectivity index (χ4v) is 0.596. The summed E-state index contributed by atoms with van der Waals surface area (Å²) in [6.07, 6.45) is 4.18. The minimum absolute atomic E-state index is 1.01. The van der Waals surface area contributed by atoms with Gasteiger partial charge in [-0.15, -0.1) is 0 Å². The summed E-state index contributed by atoms with van der Waals surface area (Å²) in [6, 6.07) is 0. The zero-order valence-corrected chi connectivity index (χ0v) is 4.49. The fourth-order valence-electron chi connectivity index (χ4n) is 0.596. The van der Waals surface area contributed by atoms with Gasteiger partial charge in [-0.1, -0.05) is 24.3 Å². The molecule has 0 unspecified atom stereocenters. The van der Waals surface area contributed by atoms with Crippen LogP contribution in [0.4, 0.5) is 0 Å². The molecule has 0 radical (unpaired) electrons. The molecule has 0 heterocycles. The normalized spacial score (nSPS) is 15.3. The van der Waals surface area contributed by atoms with Crippen molar-refractivity contribution in [2.75, 3.05) is 0 Å². The van der Waals surface area contributed by atoms with Gasteiger partial charge in [-0.05, 0) is 12.5 Å². The van der Waals surface area contributed by atoms with Gasteiger partial charge in [0.1, 0.15) is 0 Å². The third-order valence-electron chi connectivity index (χ3n) is 1.15. The molecule has 0 aliphatic heterocycles. The molecule has 0 nitrogen and oxygen atoms in total. The predicted molar refractivity (Wildman–Crippen MR) is 30.8 cm³/mol. The van der Waals surface area contributed by atoms with Gasteiger partial charge in [-0.3, -0.25) is 0 Å². The Morgan fingerprint density at radius 3 is 3.00 bits per heavy atom. The highest BCUT2D eigenvalue weighted by Crippen LogP contribution is 2.07. The smallest absolute Gasteiger partial charge is 0.0312 e. The molecule has 1 rings (SSSR count). The molecule has 7 heavy (non-hydrogen) atoms. The monoisotopic (exact) mass is 92.1 g/mol. The van der Waals surface area contributed by atoms with Crippen LogP contribution in [0.2, 0.25) is 0 Å². The first-order valence-electron chi connectivity index (χ1n) is 2.60. The van der Waals surface area contributed by atoms with Crippen molar-refractivity contribution < 1.29 is 0 Å². The lowest BCUT2D eigenvalue weighted by Crippen LogP contribution is -1.70. The summed E-state index contributed by atoms with van der Waals surface area (Å²) in [4.78, 5) is 0. The van der Waals surface area contributed by atoms with E-state index in [1.54, 1.807) is 0 Å². The van der Waals surface area contributed by atoms with Crippen LogP contribution in [-0.2, 0) is 0 Å². The third kappa shape index (κ3) is 0.838. The summed E-state index contributed by atoms with van der Waals surface area (Å²) in [6.45, 7) is 2.15. The molecule has 1 aliphatic carbocycles. The van der Waals surface area contributed by atoms with Gasteiger partial charge >= 0.3 is 0 Å². The highest BCUT2D eigenvalue weighted by Gasteiger charge is 1.91. The average Bonchev–Trinajstić information content (AvgIpc) is 2.14. The fraction of sp³-hybridized carbons (Fsp3) is 0.429. The summed E-state index contributed by atoms with van der Waals surface area (Å²) >= 11 is 0. The van der Waals surface area contributed by atoms with Gasteiger partial charge in [0.25, 0.3) is 0 Å². The number of hydrogen-bond donors (Lipinski definition) is 0. The molecule has 0 aromatic rings. The summed E-state index contributed by atoms with van der Waals surface area (Å²) < 4.78 is 0. The van der Waals surface area contributed by atoms with E-state index in [0.717, 1.165) is 12.8 Å². The van der Waals surface area contributed by atoms with E-state index < -0.39 is 0 Å². The third-order valence-corrected chi connectivity index (χ3v) is 1.15. The molecule has 0 spiro atoms. The Kier molecular flexibility index (Phi) is 1.17. The van der Waals surface area contributed by atoms with E-state index in [1.165, 1.54) is 5.57 Å². The molecule has 36 valence electrons. The van der Waals surface area contributed by atoms with Gasteiger partial charge < -0.3 is 0 Å². The molecular weight excluding hydrogens is 84.1 g/mol. The van der Waals surface area contributed by atoms with Gasteiger partial charge in [-0.25, -0.2) is 0 Å². The van der Waals surface area contributed by atoms with Crippen molar-refractivity contribution in [1.82, 2.24) is 0 Å². The lowest BCUT2D eigenvalue weighted by molar-refractivity contribution is 1.06. The number of allylic oxidation sites excluding steroid dienone is 2. The van der Waals surface area contributed by atoms with Crippen molar-refractivity contribution in [1.29, 1.82) is 0 Å². The predicted octanol–water partition coefficient (Wildman–Crippen LogP) is 1.73. The van der Waals surface area contributed by atoms with Gasteiger partial charge in [-0.2, -0.15) is 0 Å². The quantitative estimate of drug-likeness (QED) is 0.432. The summed E-state index contributed by atoms with van der Waals surface area (Å²) in [7, 11) is 0. The van der Waals surface area contributed by atoms with Crippen LogP contribution in [-0.4, -0.2) is 0 Å². The first-order valence-corrected chi connectivity index (χ1v) is 2.60.